The van der Waals surface area contributed by atoms with Gasteiger partial charge in [-0.25, -0.2) is 0 Å². The van der Waals surface area contributed by atoms with Crippen molar-refractivity contribution in [2.75, 3.05) is 26.3 Å². The largest absolute Gasteiger partial charge is 0.381 e. The summed E-state index contributed by atoms with van der Waals surface area (Å²) in [6, 6.07) is 10.3. The molecule has 0 unspecified atom stereocenters. The molecule has 6 nitrogen and oxygen atoms in total. The lowest BCUT2D eigenvalue weighted by Gasteiger charge is -2.19. The van der Waals surface area contributed by atoms with E-state index in [1.54, 1.807) is 0 Å². The summed E-state index contributed by atoms with van der Waals surface area (Å²) >= 11 is 0. The third-order valence-corrected chi connectivity index (χ3v) is 4.85. The van der Waals surface area contributed by atoms with Crippen molar-refractivity contribution in [1.82, 2.24) is 15.0 Å². The maximum Gasteiger partial charge on any atom is 0.228 e. The maximum atomic E-state index is 12.7. The van der Waals surface area contributed by atoms with E-state index < -0.39 is 0 Å². The quantitative estimate of drug-likeness (QED) is 0.864. The summed E-state index contributed by atoms with van der Waals surface area (Å²) in [7, 11) is 0. The van der Waals surface area contributed by atoms with Crippen LogP contribution in [-0.4, -0.2) is 47.3 Å². The van der Waals surface area contributed by atoms with Gasteiger partial charge in [0.05, 0.1) is 12.5 Å². The molecule has 0 N–H and O–H groups in total. The van der Waals surface area contributed by atoms with Crippen LogP contribution < -0.4 is 0 Å². The van der Waals surface area contributed by atoms with E-state index in [0.29, 0.717) is 32.1 Å². The predicted molar refractivity (Wildman–Crippen MR) is 81.7 cm³/mol. The third-order valence-electron chi connectivity index (χ3n) is 4.85. The molecular weight excluding hydrogens is 294 g/mol. The molecule has 2 aliphatic heterocycles. The molecule has 0 saturated carbocycles. The van der Waals surface area contributed by atoms with Gasteiger partial charge in [-0.15, -0.1) is 0 Å². The average molecular weight is 313 g/mol. The Hall–Kier alpha value is -2.21. The van der Waals surface area contributed by atoms with Crippen molar-refractivity contribution in [3.63, 3.8) is 0 Å². The first-order chi connectivity index (χ1) is 11.3. The number of hydrogen-bond donors (Lipinski definition) is 0. The number of carbonyl (C=O) groups is 1. The molecule has 2 aromatic rings. The Morgan fingerprint density at radius 1 is 1.17 bits per heavy atom. The number of rotatable bonds is 3. The predicted octanol–water partition coefficient (Wildman–Crippen LogP) is 1.82. The van der Waals surface area contributed by atoms with Crippen molar-refractivity contribution in [2.45, 2.75) is 18.3 Å². The highest BCUT2D eigenvalue weighted by molar-refractivity contribution is 5.79. The summed E-state index contributed by atoms with van der Waals surface area (Å²) in [6.07, 6.45) is 2.17. The minimum atomic E-state index is -0.00422. The Labute approximate surface area is 134 Å². The Kier molecular flexibility index (Phi) is 3.83. The number of aromatic nitrogens is 2. The van der Waals surface area contributed by atoms with Crippen LogP contribution in [0, 0.1) is 5.92 Å². The smallest absolute Gasteiger partial charge is 0.228 e. The zero-order valence-corrected chi connectivity index (χ0v) is 12.8. The zero-order valence-electron chi connectivity index (χ0n) is 12.8. The molecule has 3 heterocycles. The van der Waals surface area contributed by atoms with Crippen molar-refractivity contribution in [2.24, 2.45) is 5.92 Å². The highest BCUT2D eigenvalue weighted by Gasteiger charge is 2.41. The van der Waals surface area contributed by atoms with Crippen molar-refractivity contribution in [3.8, 4) is 0 Å². The summed E-state index contributed by atoms with van der Waals surface area (Å²) in [5.74, 6) is 1.13. The van der Waals surface area contributed by atoms with Gasteiger partial charge in [0, 0.05) is 31.5 Å². The van der Waals surface area contributed by atoms with E-state index in [9.17, 15) is 4.79 Å². The average Bonchev–Trinajstić information content (AvgIpc) is 3.35. The Morgan fingerprint density at radius 3 is 2.70 bits per heavy atom. The normalized spacial score (nSPS) is 27.5. The van der Waals surface area contributed by atoms with Crippen LogP contribution in [-0.2, 0) is 9.53 Å². The minimum absolute atomic E-state index is 0.00422. The summed E-state index contributed by atoms with van der Waals surface area (Å²) < 4.78 is 10.3. The lowest BCUT2D eigenvalue weighted by molar-refractivity contribution is -0.134. The van der Waals surface area contributed by atoms with Crippen molar-refractivity contribution in [1.29, 1.82) is 0 Å². The van der Waals surface area contributed by atoms with Gasteiger partial charge in [-0.05, 0) is 12.0 Å². The van der Waals surface area contributed by atoms with E-state index in [1.165, 1.54) is 12.0 Å². The number of hydrogen-bond acceptors (Lipinski definition) is 5. The van der Waals surface area contributed by atoms with E-state index in [0.717, 1.165) is 6.42 Å². The molecule has 2 fully saturated rings. The monoisotopic (exact) mass is 313 g/mol. The van der Waals surface area contributed by atoms with Gasteiger partial charge in [-0.2, -0.15) is 4.98 Å². The topological polar surface area (TPSA) is 68.5 Å². The lowest BCUT2D eigenvalue weighted by Crippen LogP contribution is -2.34. The van der Waals surface area contributed by atoms with Crippen LogP contribution >= 0.6 is 0 Å². The summed E-state index contributed by atoms with van der Waals surface area (Å²) in [5.41, 5.74) is 1.21. The Balaban J connectivity index is 1.59. The van der Waals surface area contributed by atoms with Crippen molar-refractivity contribution < 1.29 is 14.1 Å². The molecule has 3 atom stereocenters. The van der Waals surface area contributed by atoms with Gasteiger partial charge >= 0.3 is 0 Å². The van der Waals surface area contributed by atoms with Crippen LogP contribution in [0.4, 0.5) is 0 Å². The van der Waals surface area contributed by atoms with Crippen LogP contribution in [0.1, 0.15) is 29.6 Å². The van der Waals surface area contributed by atoms with Gasteiger partial charge in [0.2, 0.25) is 12.3 Å². The van der Waals surface area contributed by atoms with Crippen LogP contribution in [0.2, 0.25) is 0 Å². The second kappa shape index (κ2) is 6.12. The van der Waals surface area contributed by atoms with Gasteiger partial charge < -0.3 is 14.2 Å². The molecule has 6 heteroatoms. The lowest BCUT2D eigenvalue weighted by atomic mass is 9.88. The minimum Gasteiger partial charge on any atom is -0.381 e. The first kappa shape index (κ1) is 14.4. The van der Waals surface area contributed by atoms with E-state index in [-0.39, 0.29) is 23.7 Å². The standard InChI is InChI=1S/C17H19N3O3/c21-17(13-6-7-22-10-13)20-8-14(12-4-2-1-3-5-12)15(9-20)16-18-11-23-19-16/h1-5,11,13-15H,6-10H2/t13-,14-,15-/m1/s1. The molecule has 4 rings (SSSR count). The molecule has 2 aliphatic rings. The van der Waals surface area contributed by atoms with Gasteiger partial charge in [0.25, 0.3) is 0 Å². The highest BCUT2D eigenvalue weighted by atomic mass is 16.5. The summed E-state index contributed by atoms with van der Waals surface area (Å²) in [5, 5.41) is 4.02. The van der Waals surface area contributed by atoms with Crippen molar-refractivity contribution >= 4 is 5.91 Å². The molecule has 1 aromatic heterocycles. The molecule has 120 valence electrons. The molecule has 23 heavy (non-hydrogen) atoms. The van der Waals surface area contributed by atoms with Gasteiger partial charge in [-0.3, -0.25) is 4.79 Å². The molecule has 1 amide bonds. The molecule has 0 spiro atoms. The molecule has 0 bridgehead atoms. The number of ether oxygens (including phenoxy) is 1. The van der Waals surface area contributed by atoms with E-state index in [2.05, 4.69) is 22.3 Å². The fraction of sp³-hybridized carbons (Fsp3) is 0.471. The zero-order chi connectivity index (χ0) is 15.6. The van der Waals surface area contributed by atoms with E-state index >= 15 is 0 Å². The van der Waals surface area contributed by atoms with E-state index in [1.807, 2.05) is 23.1 Å². The maximum absolute atomic E-state index is 12.7. The van der Waals surface area contributed by atoms with Gasteiger partial charge in [0.1, 0.15) is 0 Å². The molecule has 0 radical (unpaired) electrons. The fourth-order valence-corrected chi connectivity index (χ4v) is 3.61. The first-order valence-corrected chi connectivity index (χ1v) is 8.00. The van der Waals surface area contributed by atoms with Crippen LogP contribution in [0.5, 0.6) is 0 Å². The highest BCUT2D eigenvalue weighted by Crippen LogP contribution is 2.39. The van der Waals surface area contributed by atoms with Gasteiger partial charge in [-0.1, -0.05) is 35.5 Å². The second-order valence-corrected chi connectivity index (χ2v) is 6.22. The molecular formula is C17H19N3O3. The first-order valence-electron chi connectivity index (χ1n) is 8.00. The fourth-order valence-electron chi connectivity index (χ4n) is 3.61. The number of nitrogens with zero attached hydrogens (tertiary/aromatic N) is 3. The van der Waals surface area contributed by atoms with E-state index in [4.69, 9.17) is 9.26 Å². The SMILES string of the molecule is O=C([C@@H]1CCOC1)N1C[C@H](c2ccccc2)[C@H](c2ncon2)C1. The number of benzene rings is 1. The van der Waals surface area contributed by atoms with Gasteiger partial charge in [0.15, 0.2) is 5.82 Å². The Bertz CT molecular complexity index is 653. The van der Waals surface area contributed by atoms with Crippen LogP contribution in [0.15, 0.2) is 41.2 Å². The molecule has 2 saturated heterocycles. The third kappa shape index (κ3) is 2.74. The molecule has 1 aromatic carbocycles. The van der Waals surface area contributed by atoms with Crippen molar-refractivity contribution in [3.05, 3.63) is 48.1 Å². The second-order valence-electron chi connectivity index (χ2n) is 6.22. The van der Waals surface area contributed by atoms with Crippen LogP contribution in [0.3, 0.4) is 0 Å². The number of carbonyl (C=O) groups excluding carboxylic acids is 1. The summed E-state index contributed by atoms with van der Waals surface area (Å²) in [4.78, 5) is 18.9. The number of likely N-dealkylation sites (tertiary alicyclic amines) is 1. The summed E-state index contributed by atoms with van der Waals surface area (Å²) in [6.45, 7) is 2.55. The Morgan fingerprint density at radius 2 is 2.00 bits per heavy atom. The van der Waals surface area contributed by atoms with Crippen LogP contribution in [0.25, 0.3) is 0 Å². The molecule has 0 aliphatic carbocycles. The number of amides is 1.